The Morgan fingerprint density at radius 1 is 0.947 bits per heavy atom. The molecular weight excluding hydrogens is 505 g/mol. The van der Waals surface area contributed by atoms with E-state index < -0.39 is 27.8 Å². The molecule has 6 heteroatoms. The van der Waals surface area contributed by atoms with Crippen molar-refractivity contribution in [3.63, 3.8) is 0 Å². The van der Waals surface area contributed by atoms with Crippen LogP contribution in [0.2, 0.25) is 36.3 Å². The van der Waals surface area contributed by atoms with Gasteiger partial charge in [-0.3, -0.25) is 0 Å². The van der Waals surface area contributed by atoms with Crippen molar-refractivity contribution in [3.8, 4) is 11.8 Å². The molecule has 0 heterocycles. The van der Waals surface area contributed by atoms with E-state index in [2.05, 4.69) is 86.2 Å². The highest BCUT2D eigenvalue weighted by molar-refractivity contribution is 6.74. The van der Waals surface area contributed by atoms with E-state index in [-0.39, 0.29) is 34.1 Å². The second-order valence-corrected chi connectivity index (χ2v) is 25.0. The molecule has 6 atom stereocenters. The fourth-order valence-corrected chi connectivity index (χ4v) is 9.01. The van der Waals surface area contributed by atoms with Gasteiger partial charge in [-0.15, -0.1) is 6.58 Å². The van der Waals surface area contributed by atoms with Crippen LogP contribution in [0, 0.1) is 29.6 Å². The number of rotatable bonds is 7. The Labute approximate surface area is 236 Å². The zero-order chi connectivity index (χ0) is 28.8. The van der Waals surface area contributed by atoms with Gasteiger partial charge >= 0.3 is 0 Å². The molecule has 1 N–H and O–H groups in total. The van der Waals surface area contributed by atoms with Gasteiger partial charge in [-0.25, -0.2) is 0 Å². The van der Waals surface area contributed by atoms with E-state index >= 15 is 0 Å². The van der Waals surface area contributed by atoms with Gasteiger partial charge in [0.15, 0.2) is 16.6 Å². The van der Waals surface area contributed by atoms with E-state index in [9.17, 15) is 5.11 Å². The van der Waals surface area contributed by atoms with Crippen LogP contribution < -0.4 is 0 Å². The van der Waals surface area contributed by atoms with Crippen LogP contribution in [0.1, 0.15) is 92.9 Å². The van der Waals surface area contributed by atoms with Crippen LogP contribution in [0.3, 0.4) is 0 Å². The van der Waals surface area contributed by atoms with Crippen LogP contribution in [0.15, 0.2) is 12.7 Å². The average Bonchev–Trinajstić information content (AvgIpc) is 2.81. The van der Waals surface area contributed by atoms with Crippen molar-refractivity contribution in [2.24, 2.45) is 17.8 Å². The van der Waals surface area contributed by atoms with Crippen molar-refractivity contribution in [2.75, 3.05) is 7.11 Å². The maximum Gasteiger partial charge on any atom is 0.193 e. The lowest BCUT2D eigenvalue weighted by Crippen LogP contribution is -2.74. The van der Waals surface area contributed by atoms with Crippen LogP contribution >= 0.6 is 0 Å². The summed E-state index contributed by atoms with van der Waals surface area (Å²) in [7, 11) is -2.26. The van der Waals surface area contributed by atoms with Crippen molar-refractivity contribution in [2.45, 2.75) is 153 Å². The second-order valence-electron chi connectivity index (χ2n) is 15.5. The molecule has 0 aromatic carbocycles. The number of hydrogen-bond acceptors (Lipinski definition) is 4. The third-order valence-corrected chi connectivity index (χ3v) is 20.1. The lowest BCUT2D eigenvalue weighted by Gasteiger charge is -2.64. The molecule has 0 aliphatic heterocycles. The third-order valence-electron chi connectivity index (χ3n) is 11.1. The molecule has 3 fully saturated rings. The molecule has 0 amide bonds. The summed E-state index contributed by atoms with van der Waals surface area (Å²) in [6.07, 6.45) is 10.2. The van der Waals surface area contributed by atoms with Gasteiger partial charge in [-0.1, -0.05) is 78.7 Å². The normalized spacial score (nSPS) is 33.9. The fraction of sp³-hybridized carbons (Fsp3) is 0.875. The lowest BCUT2D eigenvalue weighted by atomic mass is 9.48. The van der Waals surface area contributed by atoms with Gasteiger partial charge in [0.25, 0.3) is 0 Å². The molecule has 0 aromatic rings. The molecule has 0 radical (unpaired) electrons. The highest BCUT2D eigenvalue weighted by Crippen LogP contribution is 2.60. The molecule has 3 aliphatic carbocycles. The Morgan fingerprint density at radius 2 is 1.53 bits per heavy atom. The Kier molecular flexibility index (Phi) is 9.37. The average molecular weight is 563 g/mol. The van der Waals surface area contributed by atoms with Gasteiger partial charge in [0.05, 0.1) is 12.0 Å². The SMILES string of the molecule is C=CC1(O)C[C@@H]2[C@@H](C#C[C@@H](O[Si](C)(C)C(C)(C)C)C3CCCCC3)[C@H](O[Si](C)(C)C(C)(C)C)CC[C@@]21OC. The fourth-order valence-electron chi connectivity index (χ4n) is 6.40. The van der Waals surface area contributed by atoms with Gasteiger partial charge in [0.1, 0.15) is 17.3 Å². The summed E-state index contributed by atoms with van der Waals surface area (Å²) < 4.78 is 20.3. The zero-order valence-electron chi connectivity index (χ0n) is 26.5. The molecule has 3 aliphatic rings. The second kappa shape index (κ2) is 11.1. The van der Waals surface area contributed by atoms with E-state index in [1.54, 1.807) is 13.2 Å². The van der Waals surface area contributed by atoms with Crippen LogP contribution in [0.25, 0.3) is 0 Å². The van der Waals surface area contributed by atoms with Gasteiger partial charge in [-0.05, 0) is 74.3 Å². The third kappa shape index (κ3) is 5.95. The largest absolute Gasteiger partial charge is 0.413 e. The standard InChI is InChI=1S/C32H58O4Si2/c1-13-31(33)23-26-25(28(21-22-32(26,31)34-8)36-38(11,12)30(5,6)7)19-20-27(24-17-15-14-16-18-24)35-37(9,10)29(2,3)4/h13,24-28,33H,1,14-18,21-23H2,2-12H3/t25-,26-,27-,28-,31?,32-/m1/s1. The van der Waals surface area contributed by atoms with Crippen LogP contribution in [0.5, 0.6) is 0 Å². The molecule has 4 nitrogen and oxygen atoms in total. The molecule has 218 valence electrons. The minimum atomic E-state index is -2.01. The van der Waals surface area contributed by atoms with Crippen molar-refractivity contribution in [1.82, 2.24) is 0 Å². The first-order chi connectivity index (χ1) is 17.3. The molecular formula is C32H58O4Si2. The minimum absolute atomic E-state index is 0.00663. The first-order valence-electron chi connectivity index (χ1n) is 15.1. The minimum Gasteiger partial charge on any atom is -0.413 e. The van der Waals surface area contributed by atoms with Gasteiger partial charge < -0.3 is 18.7 Å². The number of fused-ring (bicyclic) bond motifs is 1. The maximum absolute atomic E-state index is 11.4. The van der Waals surface area contributed by atoms with Crippen LogP contribution in [-0.4, -0.2) is 52.3 Å². The summed E-state index contributed by atoms with van der Waals surface area (Å²) in [6.45, 7) is 27.2. The summed E-state index contributed by atoms with van der Waals surface area (Å²) in [5.41, 5.74) is -1.64. The van der Waals surface area contributed by atoms with E-state index in [0.717, 1.165) is 12.8 Å². The van der Waals surface area contributed by atoms with E-state index in [1.807, 2.05) is 0 Å². The van der Waals surface area contributed by atoms with E-state index in [1.165, 1.54) is 32.1 Å². The number of aliphatic hydroxyl groups is 1. The van der Waals surface area contributed by atoms with Crippen molar-refractivity contribution in [3.05, 3.63) is 12.7 Å². The monoisotopic (exact) mass is 562 g/mol. The van der Waals surface area contributed by atoms with E-state index in [4.69, 9.17) is 13.6 Å². The quantitative estimate of drug-likeness (QED) is 0.194. The molecule has 0 aromatic heterocycles. The van der Waals surface area contributed by atoms with Crippen molar-refractivity contribution >= 4 is 16.6 Å². The van der Waals surface area contributed by atoms with Crippen LogP contribution in [0.4, 0.5) is 0 Å². The first kappa shape index (κ1) is 32.1. The van der Waals surface area contributed by atoms with Gasteiger partial charge in [0, 0.05) is 13.0 Å². The lowest BCUT2D eigenvalue weighted by molar-refractivity contribution is -0.283. The van der Waals surface area contributed by atoms with E-state index in [0.29, 0.717) is 12.3 Å². The zero-order valence-corrected chi connectivity index (χ0v) is 28.5. The number of hydrogen-bond donors (Lipinski definition) is 1. The molecule has 38 heavy (non-hydrogen) atoms. The Morgan fingerprint density at radius 3 is 2.03 bits per heavy atom. The summed E-state index contributed by atoms with van der Waals surface area (Å²) >= 11 is 0. The summed E-state index contributed by atoms with van der Waals surface area (Å²) in [6, 6.07) is 0. The Balaban J connectivity index is 2.01. The summed E-state index contributed by atoms with van der Waals surface area (Å²) in [5, 5.41) is 11.7. The number of methoxy groups -OCH3 is 1. The van der Waals surface area contributed by atoms with Crippen molar-refractivity contribution in [1.29, 1.82) is 0 Å². The molecule has 3 rings (SSSR count). The van der Waals surface area contributed by atoms with Gasteiger partial charge in [0.2, 0.25) is 0 Å². The smallest absolute Gasteiger partial charge is 0.193 e. The maximum atomic E-state index is 11.4. The molecule has 0 bridgehead atoms. The molecule has 1 unspecified atom stereocenters. The predicted molar refractivity (Wildman–Crippen MR) is 164 cm³/mol. The van der Waals surface area contributed by atoms with Crippen molar-refractivity contribution < 1.29 is 18.7 Å². The predicted octanol–water partition coefficient (Wildman–Crippen LogP) is 8.08. The first-order valence-corrected chi connectivity index (χ1v) is 20.9. The molecule has 0 spiro atoms. The summed E-state index contributed by atoms with van der Waals surface area (Å²) in [4.78, 5) is 0. The van der Waals surface area contributed by atoms with Gasteiger partial charge in [-0.2, -0.15) is 0 Å². The molecule has 3 saturated carbocycles. The molecule has 0 saturated heterocycles. The van der Waals surface area contributed by atoms with Crippen LogP contribution in [-0.2, 0) is 13.6 Å². The number of ether oxygens (including phenoxy) is 1. The summed E-state index contributed by atoms with van der Waals surface area (Å²) in [5.74, 6) is 8.15. The Hall–Kier alpha value is -0.426. The topological polar surface area (TPSA) is 47.9 Å². The Bertz CT molecular complexity index is 899. The highest BCUT2D eigenvalue weighted by atomic mass is 28.4. The highest BCUT2D eigenvalue weighted by Gasteiger charge is 2.69.